The number of nitrogens with one attached hydrogen (secondary N) is 3. The Hall–Kier alpha value is -2.90. The molecule has 0 aliphatic heterocycles. The van der Waals surface area contributed by atoms with E-state index in [4.69, 9.17) is 5.73 Å². The van der Waals surface area contributed by atoms with Gasteiger partial charge in [-0.05, 0) is 31.0 Å². The first kappa shape index (κ1) is 19.4. The Kier molecular flexibility index (Phi) is 7.60. The van der Waals surface area contributed by atoms with Crippen LogP contribution in [-0.2, 0) is 16.0 Å². The van der Waals surface area contributed by atoms with Gasteiger partial charge in [-0.2, -0.15) is 0 Å². The summed E-state index contributed by atoms with van der Waals surface area (Å²) in [5, 5.41) is 5.50. The number of unbranched alkanes of at least 4 members (excludes halogenated alkanes) is 2. The number of anilines is 2. The molecule has 0 bridgehead atoms. The fourth-order valence-electron chi connectivity index (χ4n) is 2.45. The molecule has 7 nitrogen and oxygen atoms in total. The minimum atomic E-state index is -0.442. The monoisotopic (exact) mass is 361 g/mol. The van der Waals surface area contributed by atoms with Crippen molar-refractivity contribution in [2.75, 3.05) is 17.6 Å². The lowest BCUT2D eigenvalue weighted by molar-refractivity contribution is -0.121. The molecular weight excluding hydrogens is 337 g/mol. The first-order chi connectivity index (χ1) is 12.5. The number of amides is 2. The molecule has 0 aliphatic rings. The summed E-state index contributed by atoms with van der Waals surface area (Å²) in [6.45, 7) is 0.549. The summed E-state index contributed by atoms with van der Waals surface area (Å²) in [5.74, 6) is 0.229. The van der Waals surface area contributed by atoms with E-state index >= 15 is 0 Å². The number of nitrogens with two attached hydrogens (primary N) is 1. The van der Waals surface area contributed by atoms with E-state index in [9.17, 15) is 14.0 Å². The summed E-state index contributed by atoms with van der Waals surface area (Å²) in [6.07, 6.45) is 7.03. The molecule has 1 heterocycles. The van der Waals surface area contributed by atoms with Crippen LogP contribution in [0.4, 0.5) is 15.8 Å². The van der Waals surface area contributed by atoms with Gasteiger partial charge in [-0.1, -0.05) is 6.42 Å². The smallest absolute Gasteiger partial charge is 0.224 e. The van der Waals surface area contributed by atoms with Gasteiger partial charge in [-0.15, -0.1) is 0 Å². The summed E-state index contributed by atoms with van der Waals surface area (Å²) in [6, 6.07) is 3.85. The Morgan fingerprint density at radius 2 is 1.92 bits per heavy atom. The van der Waals surface area contributed by atoms with E-state index in [0.717, 1.165) is 18.7 Å². The fraction of sp³-hybridized carbons (Fsp3) is 0.389. The third-order valence-corrected chi connectivity index (χ3v) is 3.83. The molecule has 26 heavy (non-hydrogen) atoms. The van der Waals surface area contributed by atoms with Crippen LogP contribution in [0.15, 0.2) is 30.6 Å². The summed E-state index contributed by atoms with van der Waals surface area (Å²) in [4.78, 5) is 30.6. The van der Waals surface area contributed by atoms with Gasteiger partial charge in [0.05, 0.1) is 11.4 Å². The lowest BCUT2D eigenvalue weighted by Gasteiger charge is -2.08. The number of nitrogen functional groups attached to an aromatic ring is 1. The van der Waals surface area contributed by atoms with Crippen LogP contribution in [0.25, 0.3) is 0 Å². The molecule has 0 unspecified atom stereocenters. The Morgan fingerprint density at radius 3 is 2.62 bits per heavy atom. The number of H-pyrrole nitrogens is 1. The lowest BCUT2D eigenvalue weighted by Crippen LogP contribution is -2.25. The van der Waals surface area contributed by atoms with Crippen molar-refractivity contribution in [1.29, 1.82) is 0 Å². The van der Waals surface area contributed by atoms with E-state index in [2.05, 4.69) is 20.6 Å². The summed E-state index contributed by atoms with van der Waals surface area (Å²) in [7, 11) is 0. The Bertz CT molecular complexity index is 718. The SMILES string of the molecule is Nc1cc(F)ccc1NC(=O)CCCCCC(=O)NCCc1ncc[nH]1. The van der Waals surface area contributed by atoms with Gasteiger partial charge < -0.3 is 21.4 Å². The van der Waals surface area contributed by atoms with Gasteiger partial charge in [-0.25, -0.2) is 9.37 Å². The number of aromatic nitrogens is 2. The van der Waals surface area contributed by atoms with Gasteiger partial charge in [0.2, 0.25) is 11.8 Å². The fourth-order valence-corrected chi connectivity index (χ4v) is 2.45. The topological polar surface area (TPSA) is 113 Å². The summed E-state index contributed by atoms with van der Waals surface area (Å²) in [5.41, 5.74) is 6.25. The molecule has 2 rings (SSSR count). The number of rotatable bonds is 10. The number of halogens is 1. The highest BCUT2D eigenvalue weighted by atomic mass is 19.1. The molecule has 2 amide bonds. The minimum Gasteiger partial charge on any atom is -0.397 e. The predicted octanol–water partition coefficient (Wildman–Crippen LogP) is 2.38. The van der Waals surface area contributed by atoms with E-state index in [1.54, 1.807) is 12.4 Å². The highest BCUT2D eigenvalue weighted by Gasteiger charge is 2.07. The molecule has 1 aromatic carbocycles. The van der Waals surface area contributed by atoms with Gasteiger partial charge in [0.15, 0.2) is 0 Å². The molecule has 1 aromatic heterocycles. The summed E-state index contributed by atoms with van der Waals surface area (Å²) >= 11 is 0. The number of imidazole rings is 1. The largest absolute Gasteiger partial charge is 0.397 e. The maximum atomic E-state index is 13.0. The lowest BCUT2D eigenvalue weighted by atomic mass is 10.1. The van der Waals surface area contributed by atoms with Crippen molar-refractivity contribution in [2.24, 2.45) is 0 Å². The van der Waals surface area contributed by atoms with Crippen LogP contribution in [-0.4, -0.2) is 28.3 Å². The Balaban J connectivity index is 1.52. The molecule has 2 aromatic rings. The molecule has 0 aliphatic carbocycles. The zero-order valence-corrected chi connectivity index (χ0v) is 14.6. The number of hydrogen-bond donors (Lipinski definition) is 4. The molecule has 0 saturated carbocycles. The van der Waals surface area contributed by atoms with Crippen LogP contribution in [0.2, 0.25) is 0 Å². The molecule has 0 spiro atoms. The van der Waals surface area contributed by atoms with Gasteiger partial charge in [0, 0.05) is 38.2 Å². The standard InChI is InChI=1S/C18H24FN5O2/c19-13-6-7-15(14(20)12-13)24-18(26)5-3-1-2-4-17(25)23-9-8-16-21-10-11-22-16/h6-7,10-12H,1-5,8-9,20H2,(H,21,22)(H,23,25)(H,24,26). The van der Waals surface area contributed by atoms with Crippen LogP contribution in [0, 0.1) is 5.82 Å². The molecule has 0 atom stereocenters. The molecule has 0 saturated heterocycles. The second-order valence-electron chi connectivity index (χ2n) is 5.98. The van der Waals surface area contributed by atoms with E-state index in [0.29, 0.717) is 37.9 Å². The number of nitrogens with zero attached hydrogens (tertiary/aromatic N) is 1. The maximum Gasteiger partial charge on any atom is 0.224 e. The van der Waals surface area contributed by atoms with Crippen LogP contribution < -0.4 is 16.4 Å². The van der Waals surface area contributed by atoms with Crippen LogP contribution in [0.5, 0.6) is 0 Å². The normalized spacial score (nSPS) is 10.5. The number of carbonyl (C=O) groups is 2. The van der Waals surface area contributed by atoms with Crippen molar-refractivity contribution in [3.63, 3.8) is 0 Å². The van der Waals surface area contributed by atoms with Crippen molar-refractivity contribution in [3.8, 4) is 0 Å². The average Bonchev–Trinajstić information content (AvgIpc) is 3.10. The molecule has 0 radical (unpaired) electrons. The highest BCUT2D eigenvalue weighted by molar-refractivity contribution is 5.93. The maximum absolute atomic E-state index is 13.0. The van der Waals surface area contributed by atoms with Gasteiger partial charge in [0.1, 0.15) is 11.6 Å². The number of hydrogen-bond acceptors (Lipinski definition) is 4. The number of benzene rings is 1. The first-order valence-corrected chi connectivity index (χ1v) is 8.64. The highest BCUT2D eigenvalue weighted by Crippen LogP contribution is 2.19. The third-order valence-electron chi connectivity index (χ3n) is 3.83. The summed E-state index contributed by atoms with van der Waals surface area (Å²) < 4.78 is 13.0. The molecule has 5 N–H and O–H groups in total. The van der Waals surface area contributed by atoms with Crippen molar-refractivity contribution in [1.82, 2.24) is 15.3 Å². The minimum absolute atomic E-state index is 0.0000865. The quantitative estimate of drug-likeness (QED) is 0.384. The number of carbonyl (C=O) groups excluding carboxylic acids is 2. The van der Waals surface area contributed by atoms with Crippen molar-refractivity contribution in [3.05, 3.63) is 42.2 Å². The van der Waals surface area contributed by atoms with E-state index in [-0.39, 0.29) is 17.5 Å². The van der Waals surface area contributed by atoms with Crippen LogP contribution in [0.1, 0.15) is 37.9 Å². The first-order valence-electron chi connectivity index (χ1n) is 8.64. The molecular formula is C18H24FN5O2. The zero-order valence-electron chi connectivity index (χ0n) is 14.6. The van der Waals surface area contributed by atoms with Crippen LogP contribution in [0.3, 0.4) is 0 Å². The Labute approximate surface area is 151 Å². The predicted molar refractivity (Wildman–Crippen MR) is 97.8 cm³/mol. The van der Waals surface area contributed by atoms with Gasteiger partial charge in [0.25, 0.3) is 0 Å². The Morgan fingerprint density at radius 1 is 1.15 bits per heavy atom. The van der Waals surface area contributed by atoms with E-state index in [1.807, 2.05) is 0 Å². The van der Waals surface area contributed by atoms with Gasteiger partial charge in [-0.3, -0.25) is 9.59 Å². The van der Waals surface area contributed by atoms with Crippen LogP contribution >= 0.6 is 0 Å². The average molecular weight is 361 g/mol. The van der Waals surface area contributed by atoms with Crippen molar-refractivity contribution in [2.45, 2.75) is 38.5 Å². The molecule has 140 valence electrons. The molecule has 0 fully saturated rings. The van der Waals surface area contributed by atoms with Gasteiger partial charge >= 0.3 is 0 Å². The van der Waals surface area contributed by atoms with E-state index < -0.39 is 5.82 Å². The van der Waals surface area contributed by atoms with Crippen molar-refractivity contribution < 1.29 is 14.0 Å². The second kappa shape index (κ2) is 10.2. The third kappa shape index (κ3) is 6.92. The second-order valence-corrected chi connectivity index (χ2v) is 5.98. The van der Waals surface area contributed by atoms with Crippen molar-refractivity contribution >= 4 is 23.2 Å². The zero-order chi connectivity index (χ0) is 18.8. The molecule has 8 heteroatoms. The number of aromatic amines is 1. The van der Waals surface area contributed by atoms with E-state index in [1.165, 1.54) is 18.2 Å².